The van der Waals surface area contributed by atoms with Gasteiger partial charge in [-0.25, -0.2) is 13.1 Å². The van der Waals surface area contributed by atoms with Crippen LogP contribution in [0.15, 0.2) is 53.4 Å². The summed E-state index contributed by atoms with van der Waals surface area (Å²) in [7, 11) is -3.79. The van der Waals surface area contributed by atoms with E-state index >= 15 is 0 Å². The predicted molar refractivity (Wildman–Crippen MR) is 102 cm³/mol. The van der Waals surface area contributed by atoms with E-state index in [1.165, 1.54) is 18.2 Å². The van der Waals surface area contributed by atoms with Crippen LogP contribution in [0.5, 0.6) is 0 Å². The molecule has 0 fully saturated rings. The van der Waals surface area contributed by atoms with Crippen LogP contribution in [0, 0.1) is 0 Å². The fourth-order valence-corrected chi connectivity index (χ4v) is 3.41. The van der Waals surface area contributed by atoms with Crippen LogP contribution in [0.1, 0.15) is 6.42 Å². The molecule has 2 rings (SSSR count). The summed E-state index contributed by atoms with van der Waals surface area (Å²) in [6.45, 7) is -0.658. The molecular formula is C17H16Cl2N2O5S. The molecule has 1 amide bonds. The average Bonchev–Trinajstić information content (AvgIpc) is 2.62. The summed E-state index contributed by atoms with van der Waals surface area (Å²) in [6.07, 6.45) is -0.228. The highest BCUT2D eigenvalue weighted by atomic mass is 35.5. The van der Waals surface area contributed by atoms with Crippen molar-refractivity contribution < 1.29 is 22.7 Å². The van der Waals surface area contributed by atoms with Crippen LogP contribution < -0.4 is 10.0 Å². The second-order valence-electron chi connectivity index (χ2n) is 5.32. The van der Waals surface area contributed by atoms with Crippen molar-refractivity contribution in [1.82, 2.24) is 4.72 Å². The number of benzene rings is 2. The Morgan fingerprint density at radius 1 is 1.00 bits per heavy atom. The van der Waals surface area contributed by atoms with Crippen molar-refractivity contribution in [3.05, 3.63) is 58.6 Å². The van der Waals surface area contributed by atoms with Crippen LogP contribution in [0.3, 0.4) is 0 Å². The summed E-state index contributed by atoms with van der Waals surface area (Å²) in [5, 5.41) is 3.34. The second-order valence-corrected chi connectivity index (χ2v) is 7.96. The summed E-state index contributed by atoms with van der Waals surface area (Å²) in [5.74, 6) is -1.24. The SMILES string of the molecule is O=C(COC(=O)CCNS(=O)(=O)c1cccc(Cl)c1)Nc1ccc(Cl)cc1. The minimum atomic E-state index is -3.79. The highest BCUT2D eigenvalue weighted by molar-refractivity contribution is 7.89. The molecule has 10 heteroatoms. The van der Waals surface area contributed by atoms with E-state index in [2.05, 4.69) is 10.0 Å². The molecule has 2 N–H and O–H groups in total. The summed E-state index contributed by atoms with van der Waals surface area (Å²) in [6, 6.07) is 12.2. The van der Waals surface area contributed by atoms with E-state index in [-0.39, 0.29) is 22.9 Å². The van der Waals surface area contributed by atoms with E-state index in [1.54, 1.807) is 30.3 Å². The van der Waals surface area contributed by atoms with Crippen molar-refractivity contribution in [2.24, 2.45) is 0 Å². The Bertz CT molecular complexity index is 917. The number of nitrogens with one attached hydrogen (secondary N) is 2. The van der Waals surface area contributed by atoms with Crippen molar-refractivity contribution in [2.75, 3.05) is 18.5 Å². The standard InChI is InChI=1S/C17H16Cl2N2O5S/c18-12-4-6-14(7-5-12)21-16(22)11-26-17(23)8-9-20-27(24,25)15-3-1-2-13(19)10-15/h1-7,10,20H,8-9,11H2,(H,21,22). The minimum Gasteiger partial charge on any atom is -0.456 e. The monoisotopic (exact) mass is 430 g/mol. The van der Waals surface area contributed by atoms with Gasteiger partial charge in [0.25, 0.3) is 5.91 Å². The van der Waals surface area contributed by atoms with Gasteiger partial charge in [0, 0.05) is 22.3 Å². The van der Waals surface area contributed by atoms with Gasteiger partial charge >= 0.3 is 5.97 Å². The smallest absolute Gasteiger partial charge is 0.307 e. The van der Waals surface area contributed by atoms with Gasteiger partial charge in [-0.15, -0.1) is 0 Å². The number of esters is 1. The summed E-state index contributed by atoms with van der Waals surface area (Å²) >= 11 is 11.5. The maximum atomic E-state index is 12.1. The lowest BCUT2D eigenvalue weighted by molar-refractivity contribution is -0.147. The number of carbonyl (C=O) groups is 2. The molecule has 0 aromatic heterocycles. The largest absolute Gasteiger partial charge is 0.456 e. The van der Waals surface area contributed by atoms with E-state index in [4.69, 9.17) is 27.9 Å². The highest BCUT2D eigenvalue weighted by Gasteiger charge is 2.15. The van der Waals surface area contributed by atoms with Crippen molar-refractivity contribution in [3.63, 3.8) is 0 Å². The van der Waals surface area contributed by atoms with E-state index in [0.717, 1.165) is 0 Å². The molecule has 0 aliphatic heterocycles. The van der Waals surface area contributed by atoms with Gasteiger partial charge in [-0.1, -0.05) is 29.3 Å². The van der Waals surface area contributed by atoms with Gasteiger partial charge in [0.05, 0.1) is 11.3 Å². The molecule has 0 aliphatic carbocycles. The molecular weight excluding hydrogens is 415 g/mol. The van der Waals surface area contributed by atoms with Gasteiger partial charge in [-0.05, 0) is 42.5 Å². The molecule has 144 valence electrons. The number of carbonyl (C=O) groups excluding carboxylic acids is 2. The number of rotatable bonds is 8. The average molecular weight is 431 g/mol. The van der Waals surface area contributed by atoms with E-state index in [0.29, 0.717) is 10.7 Å². The Morgan fingerprint density at radius 3 is 2.37 bits per heavy atom. The van der Waals surface area contributed by atoms with Crippen LogP contribution in [0.4, 0.5) is 5.69 Å². The first-order valence-corrected chi connectivity index (χ1v) is 9.96. The van der Waals surface area contributed by atoms with Gasteiger partial charge in [0.1, 0.15) is 0 Å². The number of ether oxygens (including phenoxy) is 1. The van der Waals surface area contributed by atoms with Crippen LogP contribution in [-0.4, -0.2) is 33.4 Å². The molecule has 0 unspecified atom stereocenters. The number of hydrogen-bond acceptors (Lipinski definition) is 5. The number of anilines is 1. The Kier molecular flexibility index (Phi) is 7.61. The second kappa shape index (κ2) is 9.70. The maximum absolute atomic E-state index is 12.1. The van der Waals surface area contributed by atoms with Gasteiger partial charge in [-0.3, -0.25) is 9.59 Å². The third kappa shape index (κ3) is 7.18. The molecule has 0 aliphatic rings. The van der Waals surface area contributed by atoms with Crippen molar-refractivity contribution in [2.45, 2.75) is 11.3 Å². The zero-order valence-electron chi connectivity index (χ0n) is 13.9. The Morgan fingerprint density at radius 2 is 1.70 bits per heavy atom. The van der Waals surface area contributed by atoms with Gasteiger partial charge in [-0.2, -0.15) is 0 Å². The maximum Gasteiger partial charge on any atom is 0.307 e. The zero-order chi connectivity index (χ0) is 19.9. The van der Waals surface area contributed by atoms with Crippen LogP contribution >= 0.6 is 23.2 Å². The van der Waals surface area contributed by atoms with Crippen LogP contribution in [0.2, 0.25) is 10.0 Å². The van der Waals surface area contributed by atoms with E-state index in [9.17, 15) is 18.0 Å². The molecule has 0 bridgehead atoms. The number of halogens is 2. The predicted octanol–water partition coefficient (Wildman–Crippen LogP) is 2.84. The topological polar surface area (TPSA) is 102 Å². The Labute approximate surface area is 166 Å². The lowest BCUT2D eigenvalue weighted by Gasteiger charge is -2.08. The van der Waals surface area contributed by atoms with Crippen LogP contribution in [-0.2, 0) is 24.3 Å². The quantitative estimate of drug-likeness (QED) is 0.626. The van der Waals surface area contributed by atoms with Crippen molar-refractivity contribution in [3.8, 4) is 0 Å². The third-order valence-electron chi connectivity index (χ3n) is 3.22. The van der Waals surface area contributed by atoms with E-state index < -0.39 is 28.5 Å². The first-order valence-electron chi connectivity index (χ1n) is 7.72. The summed E-state index contributed by atoms with van der Waals surface area (Å²) in [4.78, 5) is 23.3. The molecule has 2 aromatic rings. The normalized spacial score (nSPS) is 11.0. The Balaban J connectivity index is 1.73. The zero-order valence-corrected chi connectivity index (χ0v) is 16.3. The lowest BCUT2D eigenvalue weighted by Crippen LogP contribution is -2.28. The molecule has 0 saturated heterocycles. The summed E-state index contributed by atoms with van der Waals surface area (Å²) < 4.78 is 31.2. The fourth-order valence-electron chi connectivity index (χ4n) is 1.95. The summed E-state index contributed by atoms with van der Waals surface area (Å²) in [5.41, 5.74) is 0.509. The van der Waals surface area contributed by atoms with E-state index in [1.807, 2.05) is 0 Å². The minimum absolute atomic E-state index is 0.00860. The molecule has 0 atom stereocenters. The fraction of sp³-hybridized carbons (Fsp3) is 0.176. The lowest BCUT2D eigenvalue weighted by atomic mass is 10.3. The molecule has 27 heavy (non-hydrogen) atoms. The molecule has 0 spiro atoms. The molecule has 7 nitrogen and oxygen atoms in total. The first kappa shape index (κ1) is 21.2. The van der Waals surface area contributed by atoms with Gasteiger partial charge < -0.3 is 10.1 Å². The Hall–Kier alpha value is -2.13. The number of sulfonamides is 1. The highest BCUT2D eigenvalue weighted by Crippen LogP contribution is 2.15. The third-order valence-corrected chi connectivity index (χ3v) is 5.17. The van der Waals surface area contributed by atoms with Crippen molar-refractivity contribution in [1.29, 1.82) is 0 Å². The number of hydrogen-bond donors (Lipinski definition) is 2. The molecule has 2 aromatic carbocycles. The molecule has 0 saturated carbocycles. The van der Waals surface area contributed by atoms with Crippen LogP contribution in [0.25, 0.3) is 0 Å². The van der Waals surface area contributed by atoms with Crippen molar-refractivity contribution >= 4 is 50.8 Å². The molecule has 0 radical (unpaired) electrons. The van der Waals surface area contributed by atoms with Gasteiger partial charge in [0.15, 0.2) is 6.61 Å². The first-order chi connectivity index (χ1) is 12.8. The van der Waals surface area contributed by atoms with Gasteiger partial charge in [0.2, 0.25) is 10.0 Å². The molecule has 0 heterocycles. The number of amides is 1.